The zero-order valence-corrected chi connectivity index (χ0v) is 83.1. The van der Waals surface area contributed by atoms with Crippen molar-refractivity contribution in [3.63, 3.8) is 0 Å². The number of aliphatic carboxylic acids is 5. The van der Waals surface area contributed by atoms with Gasteiger partial charge in [0.15, 0.2) is 11.9 Å². The van der Waals surface area contributed by atoms with E-state index in [0.29, 0.717) is 45.3 Å². The Balaban J connectivity index is 0.0000240. The Hall–Kier alpha value is -12.1. The van der Waals surface area contributed by atoms with Crippen molar-refractivity contribution in [3.8, 4) is 0 Å². The van der Waals surface area contributed by atoms with Crippen molar-refractivity contribution in [1.82, 2.24) is 95.3 Å². The summed E-state index contributed by atoms with van der Waals surface area (Å²) in [6, 6.07) is 5.10. The molecule has 8 aromatic rings. The van der Waals surface area contributed by atoms with E-state index in [4.69, 9.17) is 0 Å². The SMILES string of the molecule is Cc1cc(C)c(S(=O)(=O)N[C@@H](CNC(=O)c2cn(CCCNC(=O)[C@H](CS(O)(O)O)NC(=O)CC[C@H](NC(=O)CN3CCN(CC(=O)O)CCN(CC(=O)O)CCN(CC(=O)O)CC3)C(=O)N[C@@H](CS(=O)(=O)O)C(=O)NCCCn3cc(C(=O)NC[C@H](NS(=O)(=O)c4c(C)cc(C)cc4C)C(=O)O)c(=O)c4ccc(CNc5ncc[nH]5)cc43)c3cc(CNc4ncc[nH]4)ccc3c2=O)C(=O)O)c(C)c1.[Y]. The number of hydrogen-bond acceptors (Lipinski definition) is 31. The molecule has 0 aliphatic carbocycles. The summed E-state index contributed by atoms with van der Waals surface area (Å²) in [5, 5.41) is 72.3. The fourth-order valence-electron chi connectivity index (χ4n) is 15.8. The number of nitrogens with zero attached hydrogens (tertiary/aromatic N) is 8. The number of carbonyl (C=O) groups excluding carboxylic acids is 7. The molecule has 1 aliphatic rings. The van der Waals surface area contributed by atoms with E-state index >= 15 is 0 Å². The molecule has 4 aromatic carbocycles. The average molecular weight is 2110 g/mol. The van der Waals surface area contributed by atoms with Gasteiger partial charge in [-0.05, 0) is 118 Å². The molecular weight excluding hydrogens is 2000 g/mol. The topological polar surface area (TPSA) is 736 Å². The number of aryl methyl sites for hydroxylation is 8. The van der Waals surface area contributed by atoms with Crippen LogP contribution in [0.3, 0.4) is 0 Å². The number of sulfonamides is 2. The molecule has 140 heavy (non-hydrogen) atoms. The van der Waals surface area contributed by atoms with Crippen molar-refractivity contribution in [3.05, 3.63) is 174 Å². The van der Waals surface area contributed by atoms with Crippen molar-refractivity contribution in [2.45, 2.75) is 133 Å². The molecule has 55 heteroatoms. The van der Waals surface area contributed by atoms with Crippen LogP contribution in [-0.2, 0) is 137 Å². The molecular formula is C85H113N21O29S4Y. The van der Waals surface area contributed by atoms with Crippen LogP contribution in [0.2, 0.25) is 0 Å². The minimum absolute atomic E-state index is 0. The van der Waals surface area contributed by atoms with Gasteiger partial charge in [0.25, 0.3) is 21.9 Å². The molecule has 50 nitrogen and oxygen atoms in total. The molecule has 0 spiro atoms. The third kappa shape index (κ3) is 34.4. The van der Waals surface area contributed by atoms with Crippen molar-refractivity contribution in [2.75, 3.05) is 127 Å². The maximum atomic E-state index is 14.9. The number of aromatic amines is 2. The number of carboxylic acid groups (broad SMARTS) is 5. The molecule has 7 amide bonds. The van der Waals surface area contributed by atoms with E-state index in [9.17, 15) is 136 Å². The van der Waals surface area contributed by atoms with Gasteiger partial charge in [0.05, 0.1) is 63.6 Å². The van der Waals surface area contributed by atoms with Gasteiger partial charge in [0.2, 0.25) is 60.4 Å². The number of rotatable bonds is 49. The molecule has 5 heterocycles. The molecule has 0 unspecified atom stereocenters. The van der Waals surface area contributed by atoms with E-state index in [2.05, 4.69) is 77.2 Å². The molecule has 0 saturated carbocycles. The van der Waals surface area contributed by atoms with Gasteiger partial charge in [-0.15, -0.1) is 0 Å². The largest absolute Gasteiger partial charge is 0.480 e. The summed E-state index contributed by atoms with van der Waals surface area (Å²) in [7, 11) is -19.1. The fourth-order valence-corrected chi connectivity index (χ4v) is 20.4. The summed E-state index contributed by atoms with van der Waals surface area (Å²) < 4.78 is 129. The average Bonchev–Trinajstić information content (AvgIpc) is 0.870. The van der Waals surface area contributed by atoms with Crippen LogP contribution in [0.15, 0.2) is 117 Å². The van der Waals surface area contributed by atoms with Crippen molar-refractivity contribution in [1.29, 1.82) is 0 Å². The summed E-state index contributed by atoms with van der Waals surface area (Å²) in [4.78, 5) is 210. The zero-order chi connectivity index (χ0) is 102. The number of benzene rings is 4. The van der Waals surface area contributed by atoms with Crippen molar-refractivity contribution in [2.24, 2.45) is 0 Å². The Morgan fingerprint density at radius 1 is 0.443 bits per heavy atom. The predicted octanol–water partition coefficient (Wildman–Crippen LogP) is -1.31. The maximum absolute atomic E-state index is 14.9. The summed E-state index contributed by atoms with van der Waals surface area (Å²) in [6.07, 6.45) is 6.23. The third-order valence-corrected chi connectivity index (χ3v) is 27.1. The normalized spacial score (nSPS) is 14.6. The minimum atomic E-state index is -5.30. The number of pyridine rings is 2. The summed E-state index contributed by atoms with van der Waals surface area (Å²) in [5.74, 6) is -17.8. The van der Waals surface area contributed by atoms with Gasteiger partial charge < -0.3 is 106 Å². The van der Waals surface area contributed by atoms with Crippen molar-refractivity contribution < 1.29 is 159 Å². The molecule has 759 valence electrons. The summed E-state index contributed by atoms with van der Waals surface area (Å²) in [6.45, 7) is 3.82. The molecule has 22 N–H and O–H groups in total. The van der Waals surface area contributed by atoms with Crippen LogP contribution in [0, 0.1) is 41.5 Å². The van der Waals surface area contributed by atoms with Gasteiger partial charge in [-0.3, -0.25) is 91.3 Å². The number of nitrogens with one attached hydrogen (secondary N) is 13. The number of carboxylic acids is 5. The van der Waals surface area contributed by atoms with Gasteiger partial charge in [-0.1, -0.05) is 47.5 Å². The zero-order valence-electron chi connectivity index (χ0n) is 77.0. The van der Waals surface area contributed by atoms with Crippen LogP contribution in [0.4, 0.5) is 11.9 Å². The first kappa shape index (κ1) is 113. The quantitative estimate of drug-likeness (QED) is 0.0155. The molecule has 5 atom stereocenters. The second-order valence-electron chi connectivity index (χ2n) is 33.3. The first-order chi connectivity index (χ1) is 65.4. The van der Waals surface area contributed by atoms with Crippen LogP contribution in [0.1, 0.15) is 90.9 Å². The Labute approximate surface area is 829 Å². The summed E-state index contributed by atoms with van der Waals surface area (Å²) in [5.41, 5.74) is 1.40. The Morgan fingerprint density at radius 3 is 1.15 bits per heavy atom. The van der Waals surface area contributed by atoms with Gasteiger partial charge in [-0.2, -0.15) is 17.9 Å². The smallest absolute Gasteiger partial charge is 0.323 e. The van der Waals surface area contributed by atoms with Crippen LogP contribution in [0.5, 0.6) is 0 Å². The molecule has 9 rings (SSSR count). The fraction of sp³-hybridized carbons (Fsp3) is 0.435. The minimum Gasteiger partial charge on any atom is -0.480 e. The van der Waals surface area contributed by atoms with Crippen LogP contribution < -0.4 is 68.2 Å². The molecule has 1 aliphatic heterocycles. The molecule has 1 radical (unpaired) electrons. The Bertz CT molecular complexity index is 6290. The van der Waals surface area contributed by atoms with E-state index in [1.807, 2.05) is 0 Å². The van der Waals surface area contributed by atoms with E-state index in [1.54, 1.807) is 74.8 Å². The van der Waals surface area contributed by atoms with Crippen LogP contribution in [0.25, 0.3) is 21.8 Å². The third-order valence-electron chi connectivity index (χ3n) is 22.1. The van der Waals surface area contributed by atoms with E-state index in [0.717, 1.165) is 23.5 Å². The van der Waals surface area contributed by atoms with Crippen molar-refractivity contribution >= 4 is 146 Å². The second-order valence-corrected chi connectivity index (χ2v) is 39.7. The number of fused-ring (bicyclic) bond motifs is 2. The number of anilines is 2. The van der Waals surface area contributed by atoms with E-state index < -0.39 is 235 Å². The van der Waals surface area contributed by atoms with Gasteiger partial charge >= 0.3 is 29.8 Å². The number of H-pyrrole nitrogens is 2. The number of carbonyl (C=O) groups is 12. The summed E-state index contributed by atoms with van der Waals surface area (Å²) >= 11 is 0. The van der Waals surface area contributed by atoms with Gasteiger partial charge in [0.1, 0.15) is 47.1 Å². The van der Waals surface area contributed by atoms with E-state index in [-0.39, 0.29) is 162 Å². The predicted molar refractivity (Wildman–Crippen MR) is 503 cm³/mol. The van der Waals surface area contributed by atoms with Gasteiger partial charge in [-0.25, -0.2) is 26.8 Å². The van der Waals surface area contributed by atoms with Crippen LogP contribution in [-0.4, -0.2) is 335 Å². The van der Waals surface area contributed by atoms with Gasteiger partial charge in [0, 0.05) is 192 Å². The number of aromatic nitrogens is 6. The molecule has 1 fully saturated rings. The maximum Gasteiger partial charge on any atom is 0.323 e. The Morgan fingerprint density at radius 2 is 0.807 bits per heavy atom. The Kier molecular flexibility index (Phi) is 41.5. The first-order valence-electron chi connectivity index (χ1n) is 43.3. The number of hydrogen-bond donors (Lipinski definition) is 22. The second kappa shape index (κ2) is 51.3. The monoisotopic (exact) mass is 2110 g/mol. The standard InChI is InChI=1S/C85H113N21O29S4.Y/c1-49-31-51(3)75(52(4)32-49)138(132,133)99-62(82(122)123)39-92-77(117)59-41-105(66-35-55(9-11-57(66)73(59)115)37-94-84-88-17-18-89-84)21-7-15-86-79(119)64(47-136(126,127)128)97-68(107)14-13-61(96-69(108)43-101-23-25-102(44-70(109)110)27-29-104(46-72(113)114)30-28-103(26-24-101)45-71(111)112)81(121)98-65(48-137(129,130)131)80(120)87-16-8-22-106-42-60(74(116)58-12-10-56(36-67(58)106)38-95-85-90-19-20-91-85)78(118)93-40-63(83(124)125)100-139(134,135)76-53(5)33-50(2)34-54(76)6;/h9-12,17-20,31-36,41-42,61-65,99-100,126-128H,7-8,13-16,21-30,37-40,43-48H2,1-6H3,(H,86,119)(H,87,120)(H,92,117)(H,93,118)(H,96,108)(H,97,107)(H,98,121)(H,109,110)(H,111,112)(H,113,114)(H,122,123)(H,124,125)(H2,88,89,94)(H2,90,91,95)(H,129,130,131);/t61-,62-,63-,64-,65-;/m0./s1. The first-order valence-corrected chi connectivity index (χ1v) is 49.6. The molecule has 4 aromatic heterocycles. The number of amides is 7. The number of imidazole rings is 2. The van der Waals surface area contributed by atoms with Crippen LogP contribution >= 0.6 is 10.9 Å². The molecule has 1 saturated heterocycles. The molecule has 0 bridgehead atoms. The van der Waals surface area contributed by atoms with E-state index in [1.165, 1.54) is 81.0 Å².